The van der Waals surface area contributed by atoms with Crippen LogP contribution in [-0.4, -0.2) is 54.4 Å². The zero-order valence-corrected chi connectivity index (χ0v) is 15.3. The predicted molar refractivity (Wildman–Crippen MR) is 101 cm³/mol. The first-order valence-corrected chi connectivity index (χ1v) is 8.97. The van der Waals surface area contributed by atoms with Crippen LogP contribution < -0.4 is 4.74 Å². The summed E-state index contributed by atoms with van der Waals surface area (Å²) < 4.78 is 5.56. The summed E-state index contributed by atoms with van der Waals surface area (Å²) >= 11 is 0. The van der Waals surface area contributed by atoms with Crippen LogP contribution in [0.2, 0.25) is 0 Å². The van der Waals surface area contributed by atoms with Gasteiger partial charge in [-0.15, -0.1) is 0 Å². The van der Waals surface area contributed by atoms with Gasteiger partial charge in [-0.25, -0.2) is 0 Å². The van der Waals surface area contributed by atoms with Crippen molar-refractivity contribution >= 4 is 11.8 Å². The number of ether oxygens (including phenoxy) is 1. The van der Waals surface area contributed by atoms with Crippen molar-refractivity contribution < 1.29 is 14.3 Å². The number of rotatable bonds is 4. The number of benzene rings is 2. The molecule has 3 rings (SSSR count). The van der Waals surface area contributed by atoms with Gasteiger partial charge < -0.3 is 14.5 Å². The lowest BCUT2D eigenvalue weighted by Crippen LogP contribution is -2.50. The second-order valence-electron chi connectivity index (χ2n) is 6.38. The summed E-state index contributed by atoms with van der Waals surface area (Å²) in [6.07, 6.45) is 0. The highest BCUT2D eigenvalue weighted by Gasteiger charge is 2.26. The predicted octanol–water partition coefficient (Wildman–Crippen LogP) is 2.99. The Morgan fingerprint density at radius 2 is 1.46 bits per heavy atom. The van der Waals surface area contributed by atoms with Gasteiger partial charge in [-0.05, 0) is 38.1 Å². The molecule has 1 fully saturated rings. The zero-order chi connectivity index (χ0) is 18.5. The molecule has 1 aliphatic rings. The van der Waals surface area contributed by atoms with Crippen LogP contribution in [0.1, 0.15) is 33.2 Å². The van der Waals surface area contributed by atoms with Gasteiger partial charge in [0.05, 0.1) is 12.2 Å². The molecule has 0 radical (unpaired) electrons. The Morgan fingerprint density at radius 3 is 2.08 bits per heavy atom. The van der Waals surface area contributed by atoms with Gasteiger partial charge in [0.2, 0.25) is 0 Å². The standard InChI is InChI=1S/C21H24N2O3/c1-3-26-19-7-5-4-6-18(19)21(25)23-14-12-22(13-15-23)20(24)17-10-8-16(2)9-11-17/h4-11H,3,12-15H2,1-2H3. The Kier molecular flexibility index (Phi) is 5.56. The van der Waals surface area contributed by atoms with Crippen molar-refractivity contribution in [1.82, 2.24) is 9.80 Å². The lowest BCUT2D eigenvalue weighted by atomic mass is 10.1. The van der Waals surface area contributed by atoms with E-state index < -0.39 is 0 Å². The van der Waals surface area contributed by atoms with E-state index in [1.807, 2.05) is 61.2 Å². The van der Waals surface area contributed by atoms with Gasteiger partial charge in [-0.3, -0.25) is 9.59 Å². The van der Waals surface area contributed by atoms with Crippen LogP contribution in [0.4, 0.5) is 0 Å². The summed E-state index contributed by atoms with van der Waals surface area (Å²) in [5, 5.41) is 0. The number of hydrogen-bond acceptors (Lipinski definition) is 3. The van der Waals surface area contributed by atoms with Gasteiger partial charge in [0.25, 0.3) is 11.8 Å². The van der Waals surface area contributed by atoms with Gasteiger partial charge in [-0.1, -0.05) is 29.8 Å². The number of carbonyl (C=O) groups is 2. The van der Waals surface area contributed by atoms with E-state index in [0.717, 1.165) is 5.56 Å². The van der Waals surface area contributed by atoms with E-state index in [2.05, 4.69) is 0 Å². The molecule has 0 atom stereocenters. The van der Waals surface area contributed by atoms with Gasteiger partial charge >= 0.3 is 0 Å². The van der Waals surface area contributed by atoms with Crippen LogP contribution in [0.5, 0.6) is 5.75 Å². The lowest BCUT2D eigenvalue weighted by molar-refractivity contribution is 0.0533. The molecule has 5 heteroatoms. The first kappa shape index (κ1) is 18.0. The van der Waals surface area contributed by atoms with Crippen molar-refractivity contribution in [1.29, 1.82) is 0 Å². The fourth-order valence-electron chi connectivity index (χ4n) is 3.09. The summed E-state index contributed by atoms with van der Waals surface area (Å²) in [4.78, 5) is 29.0. The van der Waals surface area contributed by atoms with Crippen LogP contribution in [0, 0.1) is 6.92 Å². The van der Waals surface area contributed by atoms with Crippen LogP contribution in [0.15, 0.2) is 48.5 Å². The maximum atomic E-state index is 12.8. The van der Waals surface area contributed by atoms with Crippen LogP contribution in [0.25, 0.3) is 0 Å². The number of nitrogens with zero attached hydrogens (tertiary/aromatic N) is 2. The minimum absolute atomic E-state index is 0.0202. The highest BCUT2D eigenvalue weighted by Crippen LogP contribution is 2.21. The fraction of sp³-hybridized carbons (Fsp3) is 0.333. The molecule has 1 aliphatic heterocycles. The lowest BCUT2D eigenvalue weighted by Gasteiger charge is -2.35. The molecule has 0 bridgehead atoms. The molecule has 0 unspecified atom stereocenters. The zero-order valence-electron chi connectivity index (χ0n) is 15.3. The van der Waals surface area contributed by atoms with Gasteiger partial charge in [0.15, 0.2) is 0 Å². The molecular formula is C21H24N2O3. The van der Waals surface area contributed by atoms with E-state index in [1.165, 1.54) is 0 Å². The number of amides is 2. The van der Waals surface area contributed by atoms with E-state index in [1.54, 1.807) is 11.0 Å². The van der Waals surface area contributed by atoms with Crippen molar-refractivity contribution in [3.05, 3.63) is 65.2 Å². The molecule has 136 valence electrons. The maximum absolute atomic E-state index is 12.8. The summed E-state index contributed by atoms with van der Waals surface area (Å²) in [6.45, 7) is 6.54. The monoisotopic (exact) mass is 352 g/mol. The van der Waals surface area contributed by atoms with Crippen LogP contribution >= 0.6 is 0 Å². The first-order chi connectivity index (χ1) is 12.6. The van der Waals surface area contributed by atoms with Crippen molar-refractivity contribution in [3.63, 3.8) is 0 Å². The number of carbonyl (C=O) groups excluding carboxylic acids is 2. The number of piperazine rings is 1. The van der Waals surface area contributed by atoms with Crippen molar-refractivity contribution in [2.75, 3.05) is 32.8 Å². The minimum atomic E-state index is -0.0449. The van der Waals surface area contributed by atoms with Crippen LogP contribution in [0.3, 0.4) is 0 Å². The molecule has 0 spiro atoms. The van der Waals surface area contributed by atoms with Crippen molar-refractivity contribution in [2.24, 2.45) is 0 Å². The molecule has 1 heterocycles. The molecule has 0 saturated carbocycles. The second kappa shape index (κ2) is 8.04. The quantitative estimate of drug-likeness (QED) is 0.850. The molecule has 0 N–H and O–H groups in total. The van der Waals surface area contributed by atoms with E-state index in [-0.39, 0.29) is 11.8 Å². The Morgan fingerprint density at radius 1 is 0.885 bits per heavy atom. The van der Waals surface area contributed by atoms with E-state index in [0.29, 0.717) is 49.7 Å². The summed E-state index contributed by atoms with van der Waals surface area (Å²) in [6, 6.07) is 14.9. The average molecular weight is 352 g/mol. The third-order valence-corrected chi connectivity index (χ3v) is 4.57. The largest absolute Gasteiger partial charge is 0.493 e. The van der Waals surface area contributed by atoms with Gasteiger partial charge in [-0.2, -0.15) is 0 Å². The molecule has 26 heavy (non-hydrogen) atoms. The van der Waals surface area contributed by atoms with Crippen LogP contribution in [-0.2, 0) is 0 Å². The fourth-order valence-corrected chi connectivity index (χ4v) is 3.09. The second-order valence-corrected chi connectivity index (χ2v) is 6.38. The average Bonchev–Trinajstić information content (AvgIpc) is 2.68. The van der Waals surface area contributed by atoms with Gasteiger partial charge in [0, 0.05) is 31.7 Å². The molecule has 2 amide bonds. The van der Waals surface area contributed by atoms with Gasteiger partial charge in [0.1, 0.15) is 5.75 Å². The van der Waals surface area contributed by atoms with E-state index >= 15 is 0 Å². The Balaban J connectivity index is 1.64. The third kappa shape index (κ3) is 3.87. The van der Waals surface area contributed by atoms with Crippen molar-refractivity contribution in [3.8, 4) is 5.75 Å². The summed E-state index contributed by atoms with van der Waals surface area (Å²) in [5.41, 5.74) is 2.40. The topological polar surface area (TPSA) is 49.9 Å². The molecule has 0 aromatic heterocycles. The Bertz CT molecular complexity index is 778. The first-order valence-electron chi connectivity index (χ1n) is 8.97. The highest BCUT2D eigenvalue weighted by atomic mass is 16.5. The molecule has 5 nitrogen and oxygen atoms in total. The SMILES string of the molecule is CCOc1ccccc1C(=O)N1CCN(C(=O)c2ccc(C)cc2)CC1. The van der Waals surface area contributed by atoms with E-state index in [4.69, 9.17) is 4.74 Å². The Hall–Kier alpha value is -2.82. The molecule has 2 aromatic carbocycles. The number of aryl methyl sites for hydroxylation is 1. The molecule has 2 aromatic rings. The smallest absolute Gasteiger partial charge is 0.257 e. The minimum Gasteiger partial charge on any atom is -0.493 e. The van der Waals surface area contributed by atoms with Crippen molar-refractivity contribution in [2.45, 2.75) is 13.8 Å². The number of hydrogen-bond donors (Lipinski definition) is 0. The molecule has 0 aliphatic carbocycles. The van der Waals surface area contributed by atoms with E-state index in [9.17, 15) is 9.59 Å². The highest BCUT2D eigenvalue weighted by molar-refractivity contribution is 5.97. The maximum Gasteiger partial charge on any atom is 0.257 e. The Labute approximate surface area is 154 Å². The summed E-state index contributed by atoms with van der Waals surface area (Å²) in [7, 11) is 0. The third-order valence-electron chi connectivity index (χ3n) is 4.57. The summed E-state index contributed by atoms with van der Waals surface area (Å²) in [5.74, 6) is 0.585. The number of para-hydroxylation sites is 1. The molecule has 1 saturated heterocycles. The molecular weight excluding hydrogens is 328 g/mol. The normalized spacial score (nSPS) is 14.2.